The van der Waals surface area contributed by atoms with Gasteiger partial charge in [-0.05, 0) is 37.0 Å². The Labute approximate surface area is 119 Å². The molecule has 3 atom stereocenters. The van der Waals surface area contributed by atoms with Crippen LogP contribution in [0.1, 0.15) is 37.3 Å². The lowest BCUT2D eigenvalue weighted by atomic mass is 9.73. The van der Waals surface area contributed by atoms with Crippen LogP contribution in [0.15, 0.2) is 18.2 Å². The van der Waals surface area contributed by atoms with Gasteiger partial charge in [-0.3, -0.25) is 11.3 Å². The first-order chi connectivity index (χ1) is 9.84. The summed E-state index contributed by atoms with van der Waals surface area (Å²) in [4.78, 5) is 0. The van der Waals surface area contributed by atoms with Crippen LogP contribution in [0, 0.1) is 23.5 Å². The van der Waals surface area contributed by atoms with Crippen LogP contribution in [0.3, 0.4) is 0 Å². The van der Waals surface area contributed by atoms with E-state index >= 15 is 0 Å². The van der Waals surface area contributed by atoms with E-state index in [0.717, 1.165) is 18.2 Å². The highest BCUT2D eigenvalue weighted by molar-refractivity contribution is 5.23. The third-order valence-electron chi connectivity index (χ3n) is 4.14. The summed E-state index contributed by atoms with van der Waals surface area (Å²) in [7, 11) is 0. The molecule has 1 aromatic carbocycles. The van der Waals surface area contributed by atoms with Crippen molar-refractivity contribution in [3.63, 3.8) is 0 Å². The molecule has 2 nitrogen and oxygen atoms in total. The van der Waals surface area contributed by atoms with E-state index < -0.39 is 35.7 Å². The molecular weight excluding hydrogens is 291 g/mol. The molecule has 1 aliphatic carbocycles. The number of nitrogens with two attached hydrogens (primary N) is 1. The summed E-state index contributed by atoms with van der Waals surface area (Å²) in [5, 5.41) is 0. The number of nitrogens with one attached hydrogen (secondary N) is 1. The molecule has 0 radical (unpaired) electrons. The van der Waals surface area contributed by atoms with Crippen molar-refractivity contribution >= 4 is 0 Å². The first-order valence-electron chi connectivity index (χ1n) is 6.82. The molecule has 0 heterocycles. The van der Waals surface area contributed by atoms with Gasteiger partial charge in [-0.1, -0.05) is 12.8 Å². The van der Waals surface area contributed by atoms with E-state index in [0.29, 0.717) is 12.8 Å². The highest BCUT2D eigenvalue weighted by atomic mass is 19.4. The highest BCUT2D eigenvalue weighted by Crippen LogP contribution is 2.46. The van der Waals surface area contributed by atoms with E-state index in [1.54, 1.807) is 0 Å². The standard InChI is InChI=1S/C14H17F5N2/c15-8-5-6-12(16)10(7-8)13(21-20)9-3-1-2-4-11(9)14(17,18)19/h5-7,9,11,13,21H,1-4,20H2. The van der Waals surface area contributed by atoms with E-state index in [1.165, 1.54) is 0 Å². The van der Waals surface area contributed by atoms with E-state index in [-0.39, 0.29) is 18.4 Å². The van der Waals surface area contributed by atoms with Gasteiger partial charge >= 0.3 is 6.18 Å². The Hall–Kier alpha value is -1.21. The fraction of sp³-hybridized carbons (Fsp3) is 0.571. The quantitative estimate of drug-likeness (QED) is 0.506. The van der Waals surface area contributed by atoms with Crippen molar-refractivity contribution in [1.29, 1.82) is 0 Å². The SMILES string of the molecule is NNC(c1cc(F)ccc1F)C1CCCCC1C(F)(F)F. The first kappa shape index (κ1) is 16.2. The van der Waals surface area contributed by atoms with Crippen LogP contribution in [-0.4, -0.2) is 6.18 Å². The molecule has 0 aliphatic heterocycles. The van der Waals surface area contributed by atoms with E-state index in [1.807, 2.05) is 0 Å². The second-order valence-corrected chi connectivity index (χ2v) is 5.41. The van der Waals surface area contributed by atoms with Crippen LogP contribution < -0.4 is 11.3 Å². The summed E-state index contributed by atoms with van der Waals surface area (Å²) in [6.07, 6.45) is -3.02. The summed E-state index contributed by atoms with van der Waals surface area (Å²) in [6, 6.07) is 1.67. The number of hydrogen-bond donors (Lipinski definition) is 2. The maximum absolute atomic E-state index is 13.8. The van der Waals surface area contributed by atoms with E-state index in [4.69, 9.17) is 5.84 Å². The largest absolute Gasteiger partial charge is 0.392 e. The Morgan fingerprint density at radius 1 is 1.14 bits per heavy atom. The van der Waals surface area contributed by atoms with Crippen LogP contribution in [0.2, 0.25) is 0 Å². The molecule has 3 N–H and O–H groups in total. The van der Waals surface area contributed by atoms with Gasteiger partial charge in [0.1, 0.15) is 11.6 Å². The molecule has 118 valence electrons. The molecule has 2 rings (SSSR count). The predicted molar refractivity (Wildman–Crippen MR) is 67.9 cm³/mol. The summed E-state index contributed by atoms with van der Waals surface area (Å²) in [5.74, 6) is 1.43. The normalized spacial score (nSPS) is 24.9. The maximum Gasteiger partial charge on any atom is 0.392 e. The Kier molecular flexibility index (Phi) is 4.83. The molecule has 1 aliphatic rings. The highest BCUT2D eigenvalue weighted by Gasteiger charge is 2.48. The Bertz CT molecular complexity index is 489. The molecule has 0 bridgehead atoms. The molecule has 3 unspecified atom stereocenters. The minimum Gasteiger partial charge on any atom is -0.271 e. The summed E-state index contributed by atoms with van der Waals surface area (Å²) < 4.78 is 66.6. The molecule has 1 fully saturated rings. The van der Waals surface area contributed by atoms with Crippen molar-refractivity contribution < 1.29 is 22.0 Å². The second kappa shape index (κ2) is 6.27. The van der Waals surface area contributed by atoms with Gasteiger partial charge in [0.05, 0.1) is 12.0 Å². The molecule has 0 amide bonds. The van der Waals surface area contributed by atoms with Crippen molar-refractivity contribution in [2.45, 2.75) is 37.9 Å². The Balaban J connectivity index is 2.36. The molecule has 0 aromatic heterocycles. The van der Waals surface area contributed by atoms with Crippen molar-refractivity contribution in [2.24, 2.45) is 17.7 Å². The van der Waals surface area contributed by atoms with Gasteiger partial charge in [0, 0.05) is 5.56 Å². The minimum atomic E-state index is -4.37. The predicted octanol–water partition coefficient (Wildman–Crippen LogP) is 3.84. The fourth-order valence-electron chi connectivity index (χ4n) is 3.16. The molecule has 21 heavy (non-hydrogen) atoms. The monoisotopic (exact) mass is 308 g/mol. The molecule has 1 aromatic rings. The zero-order valence-corrected chi connectivity index (χ0v) is 11.3. The smallest absolute Gasteiger partial charge is 0.271 e. The van der Waals surface area contributed by atoms with Crippen LogP contribution in [0.25, 0.3) is 0 Å². The summed E-state index contributed by atoms with van der Waals surface area (Å²) in [5.41, 5.74) is 2.10. The van der Waals surface area contributed by atoms with Crippen molar-refractivity contribution in [3.05, 3.63) is 35.4 Å². The zero-order valence-electron chi connectivity index (χ0n) is 11.3. The number of rotatable bonds is 3. The van der Waals surface area contributed by atoms with Gasteiger partial charge in [0.25, 0.3) is 0 Å². The van der Waals surface area contributed by atoms with Crippen LogP contribution in [0.4, 0.5) is 22.0 Å². The summed E-state index contributed by atoms with van der Waals surface area (Å²) >= 11 is 0. The number of hydrazine groups is 1. The molecule has 1 saturated carbocycles. The first-order valence-corrected chi connectivity index (χ1v) is 6.82. The van der Waals surface area contributed by atoms with Gasteiger partial charge < -0.3 is 0 Å². The third-order valence-corrected chi connectivity index (χ3v) is 4.14. The van der Waals surface area contributed by atoms with Gasteiger partial charge in [0.15, 0.2) is 0 Å². The molecule has 7 heteroatoms. The Morgan fingerprint density at radius 2 is 1.81 bits per heavy atom. The number of benzene rings is 1. The maximum atomic E-state index is 13.8. The van der Waals surface area contributed by atoms with Crippen molar-refractivity contribution in [2.75, 3.05) is 0 Å². The minimum absolute atomic E-state index is 0.0106. The van der Waals surface area contributed by atoms with Gasteiger partial charge in [-0.2, -0.15) is 13.2 Å². The summed E-state index contributed by atoms with van der Waals surface area (Å²) in [6.45, 7) is 0. The van der Waals surface area contributed by atoms with Crippen molar-refractivity contribution in [1.82, 2.24) is 5.43 Å². The molecular formula is C14H17F5N2. The molecule has 0 spiro atoms. The van der Waals surface area contributed by atoms with E-state index in [2.05, 4.69) is 5.43 Å². The van der Waals surface area contributed by atoms with Gasteiger partial charge in [-0.25, -0.2) is 8.78 Å². The lowest BCUT2D eigenvalue weighted by Gasteiger charge is -2.38. The lowest BCUT2D eigenvalue weighted by molar-refractivity contribution is -0.199. The third kappa shape index (κ3) is 3.52. The van der Waals surface area contributed by atoms with Crippen molar-refractivity contribution in [3.8, 4) is 0 Å². The van der Waals surface area contributed by atoms with Crippen LogP contribution >= 0.6 is 0 Å². The molecule has 0 saturated heterocycles. The van der Waals surface area contributed by atoms with Crippen LogP contribution in [-0.2, 0) is 0 Å². The average Bonchev–Trinajstić information content (AvgIpc) is 2.43. The average molecular weight is 308 g/mol. The number of alkyl halides is 3. The lowest BCUT2D eigenvalue weighted by Crippen LogP contribution is -2.43. The van der Waals surface area contributed by atoms with Gasteiger partial charge in [0.2, 0.25) is 0 Å². The zero-order chi connectivity index (χ0) is 15.6. The Morgan fingerprint density at radius 3 is 2.43 bits per heavy atom. The van der Waals surface area contributed by atoms with Crippen LogP contribution in [0.5, 0.6) is 0 Å². The number of halogens is 5. The fourth-order valence-corrected chi connectivity index (χ4v) is 3.16. The second-order valence-electron chi connectivity index (χ2n) is 5.41. The van der Waals surface area contributed by atoms with E-state index in [9.17, 15) is 22.0 Å². The van der Waals surface area contributed by atoms with Gasteiger partial charge in [-0.15, -0.1) is 0 Å². The topological polar surface area (TPSA) is 38.0 Å². The number of hydrogen-bond acceptors (Lipinski definition) is 2.